The van der Waals surface area contributed by atoms with Crippen molar-refractivity contribution in [2.24, 2.45) is 12.0 Å². The first-order chi connectivity index (χ1) is 14.5. The van der Waals surface area contributed by atoms with E-state index >= 15 is 0 Å². The van der Waals surface area contributed by atoms with Crippen molar-refractivity contribution in [2.75, 3.05) is 33.2 Å². The minimum atomic E-state index is -0.115. The fourth-order valence-corrected chi connectivity index (χ4v) is 3.36. The Kier molecular flexibility index (Phi) is 7.11. The van der Waals surface area contributed by atoms with Gasteiger partial charge in [-0.3, -0.25) is 9.59 Å². The van der Waals surface area contributed by atoms with Gasteiger partial charge in [-0.15, -0.1) is 0 Å². The normalized spacial score (nSPS) is 14.4. The number of aromatic nitrogens is 1. The second-order valence-electron chi connectivity index (χ2n) is 7.41. The molecule has 8 nitrogen and oxygen atoms in total. The lowest BCUT2D eigenvalue weighted by Crippen LogP contribution is -2.49. The minimum absolute atomic E-state index is 0.115. The Morgan fingerprint density at radius 1 is 1.27 bits per heavy atom. The topological polar surface area (TPSA) is 82.0 Å². The molecule has 0 aliphatic carbocycles. The smallest absolute Gasteiger partial charge is 0.254 e. The fourth-order valence-electron chi connectivity index (χ4n) is 3.36. The van der Waals surface area contributed by atoms with Crippen LogP contribution in [0.15, 0.2) is 47.6 Å². The number of guanidine groups is 1. The molecule has 2 aromatic rings. The number of aryl methyl sites for hydroxylation is 1. The third-order valence-electron chi connectivity index (χ3n) is 5.08. The zero-order chi connectivity index (χ0) is 21.5. The molecule has 1 fully saturated rings. The molecule has 0 bridgehead atoms. The summed E-state index contributed by atoms with van der Waals surface area (Å²) in [6.07, 6.45) is 2.03. The SMILES string of the molecule is CCNC(=NCc1ccc(C(=O)N2CCNC(=O)C2)cc1)N(C)Cc1cccn1C. The standard InChI is InChI=1S/C22H30N6O2/c1-4-23-22(27(3)15-19-6-5-12-26(19)2)25-14-17-7-9-18(10-8-17)21(30)28-13-11-24-20(29)16-28/h5-10,12H,4,11,13-16H2,1-3H3,(H,23,25)(H,24,29). The first-order valence-electron chi connectivity index (χ1n) is 10.2. The zero-order valence-electron chi connectivity index (χ0n) is 17.9. The molecule has 0 radical (unpaired) electrons. The molecule has 160 valence electrons. The van der Waals surface area contributed by atoms with Crippen molar-refractivity contribution in [3.63, 3.8) is 0 Å². The van der Waals surface area contributed by atoms with E-state index in [-0.39, 0.29) is 18.4 Å². The van der Waals surface area contributed by atoms with Gasteiger partial charge in [0, 0.05) is 51.2 Å². The molecule has 2 N–H and O–H groups in total. The maximum Gasteiger partial charge on any atom is 0.254 e. The molecule has 0 atom stereocenters. The van der Waals surface area contributed by atoms with Crippen molar-refractivity contribution in [2.45, 2.75) is 20.0 Å². The van der Waals surface area contributed by atoms with Gasteiger partial charge in [-0.2, -0.15) is 0 Å². The Morgan fingerprint density at radius 2 is 2.03 bits per heavy atom. The van der Waals surface area contributed by atoms with Crippen LogP contribution in [0.2, 0.25) is 0 Å². The molecule has 2 heterocycles. The van der Waals surface area contributed by atoms with Crippen LogP contribution in [-0.2, 0) is 24.9 Å². The third-order valence-corrected chi connectivity index (χ3v) is 5.08. The number of amides is 2. The van der Waals surface area contributed by atoms with Gasteiger partial charge in [0.05, 0.1) is 19.6 Å². The summed E-state index contributed by atoms with van der Waals surface area (Å²) in [7, 11) is 4.05. The van der Waals surface area contributed by atoms with Crippen LogP contribution in [0.25, 0.3) is 0 Å². The van der Waals surface area contributed by atoms with E-state index in [2.05, 4.69) is 26.2 Å². The molecule has 1 aliphatic heterocycles. The summed E-state index contributed by atoms with van der Waals surface area (Å²) < 4.78 is 2.10. The Balaban J connectivity index is 1.63. The van der Waals surface area contributed by atoms with Gasteiger partial charge in [0.2, 0.25) is 5.91 Å². The van der Waals surface area contributed by atoms with Gasteiger partial charge in [-0.25, -0.2) is 4.99 Å². The molecule has 0 saturated carbocycles. The van der Waals surface area contributed by atoms with Gasteiger partial charge >= 0.3 is 0 Å². The lowest BCUT2D eigenvalue weighted by molar-refractivity contribution is -0.123. The Bertz CT molecular complexity index is 903. The van der Waals surface area contributed by atoms with Crippen LogP contribution < -0.4 is 10.6 Å². The molecule has 1 aromatic carbocycles. The largest absolute Gasteiger partial charge is 0.357 e. The molecule has 2 amide bonds. The average Bonchev–Trinajstić information content (AvgIpc) is 3.15. The first kappa shape index (κ1) is 21.4. The summed E-state index contributed by atoms with van der Waals surface area (Å²) in [6, 6.07) is 11.6. The quantitative estimate of drug-likeness (QED) is 0.554. The van der Waals surface area contributed by atoms with Gasteiger partial charge in [0.1, 0.15) is 0 Å². The molecular weight excluding hydrogens is 380 g/mol. The van der Waals surface area contributed by atoms with Crippen molar-refractivity contribution in [3.8, 4) is 0 Å². The number of nitrogens with zero attached hydrogens (tertiary/aromatic N) is 4. The van der Waals surface area contributed by atoms with E-state index in [4.69, 9.17) is 4.99 Å². The molecule has 1 aromatic heterocycles. The van der Waals surface area contributed by atoms with Crippen molar-refractivity contribution in [1.29, 1.82) is 0 Å². The molecule has 1 saturated heterocycles. The number of carbonyl (C=O) groups excluding carboxylic acids is 2. The highest BCUT2D eigenvalue weighted by atomic mass is 16.2. The maximum atomic E-state index is 12.6. The highest BCUT2D eigenvalue weighted by molar-refractivity contribution is 5.97. The van der Waals surface area contributed by atoms with E-state index in [0.29, 0.717) is 25.2 Å². The fraction of sp³-hybridized carbons (Fsp3) is 0.409. The minimum Gasteiger partial charge on any atom is -0.357 e. The summed E-state index contributed by atoms with van der Waals surface area (Å²) >= 11 is 0. The number of hydrogen-bond donors (Lipinski definition) is 2. The summed E-state index contributed by atoms with van der Waals surface area (Å²) in [5.41, 5.74) is 2.81. The highest BCUT2D eigenvalue weighted by Gasteiger charge is 2.22. The predicted molar refractivity (Wildman–Crippen MR) is 117 cm³/mol. The number of benzene rings is 1. The second-order valence-corrected chi connectivity index (χ2v) is 7.41. The van der Waals surface area contributed by atoms with E-state index < -0.39 is 0 Å². The van der Waals surface area contributed by atoms with Crippen LogP contribution in [0.5, 0.6) is 0 Å². The van der Waals surface area contributed by atoms with Gasteiger partial charge < -0.3 is 25.0 Å². The molecular formula is C22H30N6O2. The zero-order valence-corrected chi connectivity index (χ0v) is 17.9. The first-order valence-corrected chi connectivity index (χ1v) is 10.2. The number of piperazine rings is 1. The molecule has 0 unspecified atom stereocenters. The van der Waals surface area contributed by atoms with E-state index in [1.165, 1.54) is 5.69 Å². The summed E-state index contributed by atoms with van der Waals surface area (Å²) in [4.78, 5) is 32.5. The van der Waals surface area contributed by atoms with Crippen molar-refractivity contribution < 1.29 is 9.59 Å². The number of carbonyl (C=O) groups is 2. The van der Waals surface area contributed by atoms with Crippen LogP contribution in [0.3, 0.4) is 0 Å². The van der Waals surface area contributed by atoms with E-state index in [1.54, 1.807) is 17.0 Å². The molecule has 3 rings (SSSR count). The lowest BCUT2D eigenvalue weighted by atomic mass is 10.1. The van der Waals surface area contributed by atoms with Crippen LogP contribution in [0, 0.1) is 0 Å². The van der Waals surface area contributed by atoms with Gasteiger partial charge in [0.15, 0.2) is 5.96 Å². The van der Waals surface area contributed by atoms with E-state index in [9.17, 15) is 9.59 Å². The van der Waals surface area contributed by atoms with Crippen molar-refractivity contribution in [1.82, 2.24) is 25.0 Å². The van der Waals surface area contributed by atoms with Crippen LogP contribution in [0.1, 0.15) is 28.5 Å². The second kappa shape index (κ2) is 9.96. The Morgan fingerprint density at radius 3 is 2.67 bits per heavy atom. The van der Waals surface area contributed by atoms with Crippen LogP contribution >= 0.6 is 0 Å². The number of nitrogens with one attached hydrogen (secondary N) is 2. The molecule has 0 spiro atoms. The number of aliphatic imine (C=N–C) groups is 1. The summed E-state index contributed by atoms with van der Waals surface area (Å²) in [6.45, 7) is 5.26. The van der Waals surface area contributed by atoms with E-state index in [1.807, 2.05) is 45.4 Å². The van der Waals surface area contributed by atoms with Crippen molar-refractivity contribution in [3.05, 3.63) is 59.4 Å². The Hall–Kier alpha value is -3.29. The molecule has 8 heteroatoms. The van der Waals surface area contributed by atoms with Gasteiger partial charge in [-0.05, 0) is 36.8 Å². The summed E-state index contributed by atoms with van der Waals surface area (Å²) in [5.74, 6) is 0.602. The average molecular weight is 411 g/mol. The molecule has 30 heavy (non-hydrogen) atoms. The predicted octanol–water partition coefficient (Wildman–Crippen LogP) is 1.19. The number of hydrogen-bond acceptors (Lipinski definition) is 3. The Labute approximate surface area is 177 Å². The third kappa shape index (κ3) is 5.40. The summed E-state index contributed by atoms with van der Waals surface area (Å²) in [5, 5.41) is 6.06. The van der Waals surface area contributed by atoms with Gasteiger partial charge in [-0.1, -0.05) is 12.1 Å². The highest BCUT2D eigenvalue weighted by Crippen LogP contribution is 2.10. The van der Waals surface area contributed by atoms with Crippen LogP contribution in [0.4, 0.5) is 0 Å². The lowest BCUT2D eigenvalue weighted by Gasteiger charge is -2.26. The number of rotatable bonds is 6. The maximum absolute atomic E-state index is 12.6. The van der Waals surface area contributed by atoms with Crippen molar-refractivity contribution >= 4 is 17.8 Å². The van der Waals surface area contributed by atoms with E-state index in [0.717, 1.165) is 24.6 Å². The monoisotopic (exact) mass is 410 g/mol. The van der Waals surface area contributed by atoms with Gasteiger partial charge in [0.25, 0.3) is 5.91 Å². The van der Waals surface area contributed by atoms with Crippen LogP contribution in [-0.4, -0.2) is 65.4 Å². The molecule has 1 aliphatic rings.